The first-order chi connectivity index (χ1) is 7.17. The Bertz CT molecular complexity index is 297. The molecule has 1 rings (SSSR count). The van der Waals surface area contributed by atoms with Gasteiger partial charge in [-0.1, -0.05) is 32.0 Å². The molecule has 0 heterocycles. The van der Waals surface area contributed by atoms with Gasteiger partial charge in [0.1, 0.15) is 0 Å². The molecule has 1 aromatic rings. The second kappa shape index (κ2) is 5.57. The third kappa shape index (κ3) is 2.99. The molecule has 0 aliphatic carbocycles. The monoisotopic (exact) mass is 223 g/mol. The third-order valence-corrected chi connectivity index (χ3v) is 4.94. The van der Waals surface area contributed by atoms with Crippen molar-refractivity contribution in [3.8, 4) is 0 Å². The summed E-state index contributed by atoms with van der Waals surface area (Å²) in [5.41, 5.74) is 7.26. The minimum Gasteiger partial charge on any atom is -0.329 e. The van der Waals surface area contributed by atoms with Crippen LogP contribution in [0.4, 0.5) is 0 Å². The van der Waals surface area contributed by atoms with Crippen molar-refractivity contribution in [1.82, 2.24) is 0 Å². The molecule has 0 fully saturated rings. The second-order valence-corrected chi connectivity index (χ2v) is 5.47. The lowest BCUT2D eigenvalue weighted by atomic mass is 10.0. The van der Waals surface area contributed by atoms with E-state index in [1.54, 1.807) is 0 Å². The summed E-state index contributed by atoms with van der Waals surface area (Å²) in [6.07, 6.45) is 2.25. The Morgan fingerprint density at radius 1 is 1.20 bits per heavy atom. The Labute approximate surface area is 97.4 Å². The molecule has 0 bridgehead atoms. The first kappa shape index (κ1) is 12.6. The molecule has 0 radical (unpaired) electrons. The van der Waals surface area contributed by atoms with E-state index in [9.17, 15) is 0 Å². The summed E-state index contributed by atoms with van der Waals surface area (Å²) < 4.78 is 0.214. The maximum absolute atomic E-state index is 5.91. The maximum atomic E-state index is 5.91. The largest absolute Gasteiger partial charge is 0.329 e. The zero-order valence-electron chi connectivity index (χ0n) is 9.92. The Morgan fingerprint density at radius 2 is 1.80 bits per heavy atom. The predicted molar refractivity (Wildman–Crippen MR) is 69.4 cm³/mol. The average molecular weight is 223 g/mol. The molecular weight excluding hydrogens is 202 g/mol. The molecule has 0 aliphatic heterocycles. The number of benzene rings is 1. The van der Waals surface area contributed by atoms with Crippen LogP contribution in [0.3, 0.4) is 0 Å². The summed E-state index contributed by atoms with van der Waals surface area (Å²) in [6.45, 7) is 7.36. The van der Waals surface area contributed by atoms with Gasteiger partial charge < -0.3 is 5.73 Å². The van der Waals surface area contributed by atoms with Gasteiger partial charge in [0.15, 0.2) is 0 Å². The van der Waals surface area contributed by atoms with E-state index in [2.05, 4.69) is 45.0 Å². The highest BCUT2D eigenvalue weighted by atomic mass is 32.2. The lowest BCUT2D eigenvalue weighted by Crippen LogP contribution is -2.32. The van der Waals surface area contributed by atoms with Gasteiger partial charge in [0, 0.05) is 16.2 Å². The summed E-state index contributed by atoms with van der Waals surface area (Å²) in [7, 11) is 0. The molecule has 1 nitrogen and oxygen atoms in total. The molecule has 0 atom stereocenters. The van der Waals surface area contributed by atoms with E-state index >= 15 is 0 Å². The summed E-state index contributed by atoms with van der Waals surface area (Å²) >= 11 is 1.94. The zero-order chi connectivity index (χ0) is 11.3. The first-order valence-electron chi connectivity index (χ1n) is 5.62. The van der Waals surface area contributed by atoms with Gasteiger partial charge in [-0.05, 0) is 31.4 Å². The lowest BCUT2D eigenvalue weighted by Gasteiger charge is -2.30. The molecule has 1 aromatic carbocycles. The molecule has 84 valence electrons. The summed E-state index contributed by atoms with van der Waals surface area (Å²) in [5.74, 6) is 0. The number of hydrogen-bond acceptors (Lipinski definition) is 2. The maximum Gasteiger partial charge on any atom is 0.0324 e. The Morgan fingerprint density at radius 3 is 2.27 bits per heavy atom. The SMILES string of the molecule is CCC(CC)(CN)Sc1ccccc1C. The molecule has 0 aromatic heterocycles. The molecule has 2 N–H and O–H groups in total. The molecule has 0 amide bonds. The van der Waals surface area contributed by atoms with Crippen LogP contribution in [0, 0.1) is 6.92 Å². The Balaban J connectivity index is 2.88. The smallest absolute Gasteiger partial charge is 0.0324 e. The van der Waals surface area contributed by atoms with Crippen molar-refractivity contribution in [2.24, 2.45) is 5.73 Å². The predicted octanol–water partition coefficient (Wildman–Crippen LogP) is 3.60. The van der Waals surface area contributed by atoms with E-state index in [0.29, 0.717) is 0 Å². The lowest BCUT2D eigenvalue weighted by molar-refractivity contribution is 0.558. The van der Waals surface area contributed by atoms with Crippen LogP contribution < -0.4 is 5.73 Å². The van der Waals surface area contributed by atoms with Crippen LogP contribution in [0.5, 0.6) is 0 Å². The number of rotatable bonds is 5. The van der Waals surface area contributed by atoms with E-state index in [1.807, 2.05) is 11.8 Å². The topological polar surface area (TPSA) is 26.0 Å². The van der Waals surface area contributed by atoms with Gasteiger partial charge in [0.2, 0.25) is 0 Å². The van der Waals surface area contributed by atoms with Crippen molar-refractivity contribution in [3.63, 3.8) is 0 Å². The van der Waals surface area contributed by atoms with Gasteiger partial charge in [-0.2, -0.15) is 0 Å². The Kier molecular flexibility index (Phi) is 4.68. The van der Waals surface area contributed by atoms with Crippen LogP contribution in [0.2, 0.25) is 0 Å². The minimum atomic E-state index is 0.214. The van der Waals surface area contributed by atoms with Gasteiger partial charge in [-0.25, -0.2) is 0 Å². The number of aryl methyl sites for hydroxylation is 1. The van der Waals surface area contributed by atoms with Crippen molar-refractivity contribution in [2.75, 3.05) is 6.54 Å². The van der Waals surface area contributed by atoms with Crippen molar-refractivity contribution >= 4 is 11.8 Å². The van der Waals surface area contributed by atoms with Crippen LogP contribution in [-0.2, 0) is 0 Å². The molecule has 0 aliphatic rings. The van der Waals surface area contributed by atoms with Gasteiger partial charge in [-0.15, -0.1) is 11.8 Å². The summed E-state index contributed by atoms with van der Waals surface area (Å²) in [4.78, 5) is 1.37. The number of nitrogens with two attached hydrogens (primary N) is 1. The minimum absolute atomic E-state index is 0.214. The molecule has 0 saturated heterocycles. The average Bonchev–Trinajstić information content (AvgIpc) is 2.29. The fourth-order valence-electron chi connectivity index (χ4n) is 1.63. The molecule has 0 saturated carbocycles. The standard InChI is InChI=1S/C13H21NS/c1-4-13(5-2,10-14)15-12-9-7-6-8-11(12)3/h6-9H,4-5,10,14H2,1-3H3. The van der Waals surface area contributed by atoms with Crippen molar-refractivity contribution in [3.05, 3.63) is 29.8 Å². The molecule has 0 unspecified atom stereocenters. The second-order valence-electron chi connectivity index (χ2n) is 3.96. The van der Waals surface area contributed by atoms with Crippen LogP contribution in [0.25, 0.3) is 0 Å². The van der Waals surface area contributed by atoms with Crippen LogP contribution in [0.15, 0.2) is 29.2 Å². The summed E-state index contributed by atoms with van der Waals surface area (Å²) in [6, 6.07) is 8.54. The van der Waals surface area contributed by atoms with Gasteiger partial charge >= 0.3 is 0 Å². The van der Waals surface area contributed by atoms with E-state index in [4.69, 9.17) is 5.73 Å². The number of thioether (sulfide) groups is 1. The molecule has 0 spiro atoms. The van der Waals surface area contributed by atoms with E-state index < -0.39 is 0 Å². The van der Waals surface area contributed by atoms with E-state index in [-0.39, 0.29) is 4.75 Å². The first-order valence-corrected chi connectivity index (χ1v) is 6.44. The highest BCUT2D eigenvalue weighted by molar-refractivity contribution is 8.00. The van der Waals surface area contributed by atoms with Gasteiger partial charge in [0.05, 0.1) is 0 Å². The van der Waals surface area contributed by atoms with Gasteiger partial charge in [0.25, 0.3) is 0 Å². The fraction of sp³-hybridized carbons (Fsp3) is 0.538. The third-order valence-electron chi connectivity index (χ3n) is 3.08. The summed E-state index contributed by atoms with van der Waals surface area (Å²) in [5, 5.41) is 0. The van der Waals surface area contributed by atoms with E-state index in [1.165, 1.54) is 10.5 Å². The zero-order valence-corrected chi connectivity index (χ0v) is 10.7. The van der Waals surface area contributed by atoms with Gasteiger partial charge in [-0.3, -0.25) is 0 Å². The van der Waals surface area contributed by atoms with Crippen LogP contribution in [0.1, 0.15) is 32.3 Å². The van der Waals surface area contributed by atoms with Crippen LogP contribution >= 0.6 is 11.8 Å². The quantitative estimate of drug-likeness (QED) is 0.772. The fourth-order valence-corrected chi connectivity index (χ4v) is 2.84. The normalized spacial score (nSPS) is 11.7. The molecule has 15 heavy (non-hydrogen) atoms. The van der Waals surface area contributed by atoms with Crippen LogP contribution in [-0.4, -0.2) is 11.3 Å². The highest BCUT2D eigenvalue weighted by Gasteiger charge is 2.26. The van der Waals surface area contributed by atoms with E-state index in [0.717, 1.165) is 19.4 Å². The van der Waals surface area contributed by atoms with Crippen molar-refractivity contribution in [1.29, 1.82) is 0 Å². The molecular formula is C13H21NS. The Hall–Kier alpha value is -0.470. The van der Waals surface area contributed by atoms with Crippen molar-refractivity contribution in [2.45, 2.75) is 43.3 Å². The highest BCUT2D eigenvalue weighted by Crippen LogP contribution is 2.38. The van der Waals surface area contributed by atoms with Crippen molar-refractivity contribution < 1.29 is 0 Å². The molecule has 2 heteroatoms. The number of hydrogen-bond donors (Lipinski definition) is 1.